The van der Waals surface area contributed by atoms with E-state index in [0.29, 0.717) is 24.4 Å². The van der Waals surface area contributed by atoms with Gasteiger partial charge in [-0.1, -0.05) is 0 Å². The quantitative estimate of drug-likeness (QED) is 0.210. The number of hydrogen-bond donors (Lipinski definition) is 0. The van der Waals surface area contributed by atoms with Crippen LogP contribution >= 0.6 is 0 Å². The van der Waals surface area contributed by atoms with Gasteiger partial charge in [0.05, 0.1) is 0 Å². The van der Waals surface area contributed by atoms with Crippen LogP contribution in [-0.4, -0.2) is 52.3 Å². The minimum atomic E-state index is -2.81. The van der Waals surface area contributed by atoms with Crippen molar-refractivity contribution in [2.24, 2.45) is 0 Å². The first-order valence-corrected chi connectivity index (χ1v) is 24.6. The summed E-state index contributed by atoms with van der Waals surface area (Å²) < 4.78 is 28.8. The van der Waals surface area contributed by atoms with Crippen molar-refractivity contribution >= 4 is 27.9 Å². The fourth-order valence-electron chi connectivity index (χ4n) is 6.31. The Bertz CT molecular complexity index is 449. The number of hydrogen-bond acceptors (Lipinski definition) is 4. The van der Waals surface area contributed by atoms with Crippen LogP contribution in [-0.2, 0) is 15.1 Å². The Morgan fingerprint density at radius 2 is 0.618 bits per heavy atom. The molecule has 4 nitrogen and oxygen atoms in total. The van der Waals surface area contributed by atoms with Gasteiger partial charge in [-0.15, -0.1) is 0 Å². The molecule has 0 atom stereocenters. The Balaban J connectivity index is 1.81. The molecule has 6 aliphatic rings. The molecule has 4 aliphatic heterocycles. The molecule has 0 aromatic rings. The number of rotatable bonds is 12. The molecule has 2 saturated carbocycles. The normalized spacial score (nSPS) is 31.4. The fraction of sp³-hybridized carbons (Fsp3) is 1.00. The Morgan fingerprint density at radius 3 is 0.794 bits per heavy atom. The Morgan fingerprint density at radius 1 is 0.412 bits per heavy atom. The van der Waals surface area contributed by atoms with Crippen molar-refractivity contribution in [2.75, 3.05) is 0 Å². The van der Waals surface area contributed by atoms with Gasteiger partial charge < -0.3 is 0 Å². The molecular weight excluding hydrogens is 546 g/mol. The molecule has 6 rings (SSSR count). The van der Waals surface area contributed by atoms with E-state index in [9.17, 15) is 0 Å². The third-order valence-corrected chi connectivity index (χ3v) is 24.2. The van der Waals surface area contributed by atoms with Crippen LogP contribution in [0.5, 0.6) is 0 Å². The molecule has 0 amide bonds. The summed E-state index contributed by atoms with van der Waals surface area (Å²) in [6.45, 7) is 9.27. The topological polar surface area (TPSA) is 36.9 Å². The number of unbranched alkanes of at least 4 members (excludes halogenated alkanes) is 4. The second kappa shape index (κ2) is 15.4. The predicted molar refractivity (Wildman–Crippen MR) is 147 cm³/mol. The first-order valence-electron chi connectivity index (χ1n) is 15.3. The van der Waals surface area contributed by atoms with E-state index in [4.69, 9.17) is 15.1 Å². The summed E-state index contributed by atoms with van der Waals surface area (Å²) in [5.74, 6) is 0. The summed E-state index contributed by atoms with van der Waals surface area (Å²) in [6.07, 6.45) is 21.0. The van der Waals surface area contributed by atoms with Gasteiger partial charge >= 0.3 is 219 Å². The third kappa shape index (κ3) is 9.04. The standard InChI is InChI=1S/C28H56Ge2O4/c1-5-9-21-29(22-10-6-2)31-25-13-17-27(18-14-25)33-30(23-11-7-3,24-12-8-4)34-28-19-15-26(32-29)16-20-28/h25-28H,5-24H2,1-4H3. The molecule has 200 valence electrons. The molecule has 0 radical (unpaired) electrons. The van der Waals surface area contributed by atoms with Crippen molar-refractivity contribution < 1.29 is 15.1 Å². The van der Waals surface area contributed by atoms with E-state index < -0.39 is 27.9 Å². The molecule has 0 aromatic carbocycles. The predicted octanol–water partition coefficient (Wildman–Crippen LogP) is 8.77. The minimum absolute atomic E-state index is 0.405. The summed E-state index contributed by atoms with van der Waals surface area (Å²) in [4.78, 5) is 0. The second-order valence-corrected chi connectivity index (χ2v) is 25.3. The molecule has 0 unspecified atom stereocenters. The molecule has 34 heavy (non-hydrogen) atoms. The average molecular weight is 602 g/mol. The Kier molecular flexibility index (Phi) is 13.3. The van der Waals surface area contributed by atoms with E-state index in [1.54, 1.807) is 0 Å². The van der Waals surface area contributed by atoms with Gasteiger partial charge in [-0.3, -0.25) is 0 Å². The van der Waals surface area contributed by atoms with Gasteiger partial charge in [0.25, 0.3) is 0 Å². The van der Waals surface area contributed by atoms with Crippen molar-refractivity contribution in [3.05, 3.63) is 0 Å². The van der Waals surface area contributed by atoms with Gasteiger partial charge in [-0.25, -0.2) is 0 Å². The maximum absolute atomic E-state index is 7.20. The monoisotopic (exact) mass is 604 g/mol. The summed E-state index contributed by atoms with van der Waals surface area (Å²) in [5, 5.41) is 4.93. The van der Waals surface area contributed by atoms with Crippen LogP contribution in [0.1, 0.15) is 130 Å². The molecule has 0 N–H and O–H groups in total. The Hall–Kier alpha value is 0.926. The van der Waals surface area contributed by atoms with Gasteiger partial charge in [0.15, 0.2) is 0 Å². The van der Waals surface area contributed by atoms with Crippen LogP contribution in [0.2, 0.25) is 21.0 Å². The molecule has 0 aromatic heterocycles. The fourth-order valence-corrected chi connectivity index (χ4v) is 24.1. The first kappa shape index (κ1) is 29.5. The molecule has 4 heterocycles. The summed E-state index contributed by atoms with van der Waals surface area (Å²) in [7, 11) is 0. The average Bonchev–Trinajstić information content (AvgIpc) is 2.86. The van der Waals surface area contributed by atoms with Crippen LogP contribution < -0.4 is 0 Å². The van der Waals surface area contributed by atoms with E-state index in [-0.39, 0.29) is 0 Å². The maximum atomic E-state index is 7.20. The van der Waals surface area contributed by atoms with E-state index in [2.05, 4.69) is 27.7 Å². The molecule has 6 heteroatoms. The van der Waals surface area contributed by atoms with Gasteiger partial charge in [0, 0.05) is 0 Å². The van der Waals surface area contributed by atoms with Gasteiger partial charge in [-0.2, -0.15) is 0 Å². The van der Waals surface area contributed by atoms with E-state index >= 15 is 0 Å². The van der Waals surface area contributed by atoms with Crippen LogP contribution in [0.25, 0.3) is 0 Å². The molecule has 6 fully saturated rings. The molecule has 2 aliphatic carbocycles. The van der Waals surface area contributed by atoms with Crippen LogP contribution in [0, 0.1) is 0 Å². The summed E-state index contributed by atoms with van der Waals surface area (Å²) in [5.41, 5.74) is 0. The van der Waals surface area contributed by atoms with Crippen LogP contribution in [0.15, 0.2) is 0 Å². The Labute approximate surface area is 218 Å². The van der Waals surface area contributed by atoms with Crippen LogP contribution in [0.3, 0.4) is 0 Å². The van der Waals surface area contributed by atoms with Crippen molar-refractivity contribution in [1.82, 2.24) is 0 Å². The van der Waals surface area contributed by atoms with Crippen molar-refractivity contribution in [1.29, 1.82) is 0 Å². The van der Waals surface area contributed by atoms with E-state index in [1.807, 2.05) is 0 Å². The van der Waals surface area contributed by atoms with E-state index in [1.165, 1.54) is 72.4 Å². The van der Waals surface area contributed by atoms with Gasteiger partial charge in [-0.05, 0) is 0 Å². The molecule has 4 bridgehead atoms. The van der Waals surface area contributed by atoms with Crippen LogP contribution in [0.4, 0.5) is 0 Å². The zero-order valence-electron chi connectivity index (χ0n) is 23.1. The van der Waals surface area contributed by atoms with Crippen molar-refractivity contribution in [2.45, 2.75) is 176 Å². The zero-order chi connectivity index (χ0) is 24.3. The van der Waals surface area contributed by atoms with Crippen molar-refractivity contribution in [3.8, 4) is 0 Å². The van der Waals surface area contributed by atoms with Gasteiger partial charge in [0.2, 0.25) is 0 Å². The van der Waals surface area contributed by atoms with Gasteiger partial charge in [0.1, 0.15) is 0 Å². The SMILES string of the molecule is CCC[CH2][Ge]1([CH2]CCC)[O]C2CCC(CC2)[O][Ge]([CH2]CCC)([CH2]CCC)[O]C2CCC(CC2)[O]1. The molecule has 4 saturated heterocycles. The van der Waals surface area contributed by atoms with Crippen molar-refractivity contribution in [3.63, 3.8) is 0 Å². The molecule has 0 spiro atoms. The summed E-state index contributed by atoms with van der Waals surface area (Å²) in [6, 6.07) is 0. The zero-order valence-corrected chi connectivity index (χ0v) is 27.3. The second-order valence-electron chi connectivity index (χ2n) is 11.5. The molecular formula is C28H56Ge2O4. The summed E-state index contributed by atoms with van der Waals surface area (Å²) >= 11 is -5.63. The first-order chi connectivity index (χ1) is 16.6. The van der Waals surface area contributed by atoms with E-state index in [0.717, 1.165) is 51.4 Å². The third-order valence-electron chi connectivity index (χ3n) is 8.41.